The molecule has 0 aliphatic carbocycles. The lowest BCUT2D eigenvalue weighted by Crippen LogP contribution is -2.44. The lowest BCUT2D eigenvalue weighted by Gasteiger charge is -2.38. The molecular formula is C9H16O4. The Morgan fingerprint density at radius 3 is 2.31 bits per heavy atom. The zero-order valence-electron chi connectivity index (χ0n) is 8.29. The molecule has 13 heavy (non-hydrogen) atoms. The minimum atomic E-state index is -0.828. The Bertz CT molecular complexity index is 204. The van der Waals surface area contributed by atoms with Gasteiger partial charge in [-0.25, -0.2) is 0 Å². The van der Waals surface area contributed by atoms with Crippen LogP contribution in [0.25, 0.3) is 0 Å². The van der Waals surface area contributed by atoms with E-state index < -0.39 is 17.2 Å². The van der Waals surface area contributed by atoms with Crippen molar-refractivity contribution >= 4 is 5.97 Å². The van der Waals surface area contributed by atoms with Gasteiger partial charge in [0.15, 0.2) is 5.79 Å². The van der Waals surface area contributed by atoms with Crippen LogP contribution in [0.4, 0.5) is 0 Å². The van der Waals surface area contributed by atoms with Crippen molar-refractivity contribution in [2.24, 2.45) is 5.41 Å². The number of carboxylic acid groups (broad SMARTS) is 1. The first-order valence-electron chi connectivity index (χ1n) is 4.37. The Hall–Kier alpha value is -0.610. The molecule has 1 aliphatic rings. The number of aliphatic carboxylic acids is 1. The van der Waals surface area contributed by atoms with Crippen molar-refractivity contribution in [2.75, 3.05) is 13.2 Å². The Morgan fingerprint density at radius 2 is 1.92 bits per heavy atom. The van der Waals surface area contributed by atoms with Crippen LogP contribution in [-0.4, -0.2) is 30.1 Å². The first-order valence-corrected chi connectivity index (χ1v) is 4.37. The summed E-state index contributed by atoms with van der Waals surface area (Å²) in [6.45, 7) is 6.56. The highest BCUT2D eigenvalue weighted by atomic mass is 16.7. The molecule has 0 aromatic carbocycles. The van der Waals surface area contributed by atoms with E-state index in [9.17, 15) is 4.79 Å². The Morgan fingerprint density at radius 1 is 1.46 bits per heavy atom. The molecule has 0 unspecified atom stereocenters. The number of hydrogen-bond donors (Lipinski definition) is 1. The molecule has 1 rings (SSSR count). The minimum Gasteiger partial charge on any atom is -0.481 e. The van der Waals surface area contributed by atoms with Gasteiger partial charge >= 0.3 is 5.97 Å². The SMILES string of the molecule is CC(C)(CC(=O)O)C1(C)OCCO1. The molecule has 1 fully saturated rings. The molecule has 0 atom stereocenters. The molecule has 0 amide bonds. The van der Waals surface area contributed by atoms with Gasteiger partial charge in [-0.05, 0) is 6.92 Å². The van der Waals surface area contributed by atoms with Gasteiger partial charge < -0.3 is 14.6 Å². The fraction of sp³-hybridized carbons (Fsp3) is 0.889. The monoisotopic (exact) mass is 188 g/mol. The largest absolute Gasteiger partial charge is 0.481 e. The van der Waals surface area contributed by atoms with Gasteiger partial charge in [0, 0.05) is 5.41 Å². The van der Waals surface area contributed by atoms with E-state index in [0.29, 0.717) is 13.2 Å². The van der Waals surface area contributed by atoms with E-state index in [2.05, 4.69) is 0 Å². The summed E-state index contributed by atoms with van der Waals surface area (Å²) >= 11 is 0. The van der Waals surface area contributed by atoms with E-state index in [1.165, 1.54) is 0 Å². The number of hydrogen-bond acceptors (Lipinski definition) is 3. The number of carbonyl (C=O) groups is 1. The van der Waals surface area contributed by atoms with E-state index in [0.717, 1.165) is 0 Å². The first-order chi connectivity index (χ1) is 5.87. The topological polar surface area (TPSA) is 55.8 Å². The lowest BCUT2D eigenvalue weighted by atomic mass is 9.81. The number of rotatable bonds is 3. The molecule has 4 nitrogen and oxygen atoms in total. The Kier molecular flexibility index (Phi) is 2.63. The molecule has 1 heterocycles. The molecule has 0 spiro atoms. The van der Waals surface area contributed by atoms with Gasteiger partial charge in [0.05, 0.1) is 19.6 Å². The van der Waals surface area contributed by atoms with Gasteiger partial charge in [0.25, 0.3) is 0 Å². The molecule has 0 bridgehead atoms. The van der Waals surface area contributed by atoms with E-state index >= 15 is 0 Å². The predicted octanol–water partition coefficient (Wildman–Crippen LogP) is 1.25. The second-order valence-electron chi connectivity index (χ2n) is 4.10. The second kappa shape index (κ2) is 3.27. The lowest BCUT2D eigenvalue weighted by molar-refractivity contribution is -0.218. The van der Waals surface area contributed by atoms with Crippen molar-refractivity contribution in [2.45, 2.75) is 33.0 Å². The standard InChI is InChI=1S/C9H16O4/c1-8(2,6-7(10)11)9(3)12-4-5-13-9/h4-6H2,1-3H3,(H,10,11). The van der Waals surface area contributed by atoms with Crippen LogP contribution in [0, 0.1) is 5.41 Å². The average Bonchev–Trinajstić information content (AvgIpc) is 2.34. The van der Waals surface area contributed by atoms with Crippen LogP contribution in [0.5, 0.6) is 0 Å². The van der Waals surface area contributed by atoms with Gasteiger partial charge in [0.1, 0.15) is 0 Å². The van der Waals surface area contributed by atoms with Crippen molar-refractivity contribution in [3.05, 3.63) is 0 Å². The molecule has 0 aromatic heterocycles. The highest BCUT2D eigenvalue weighted by molar-refractivity contribution is 5.67. The van der Waals surface area contributed by atoms with Crippen LogP contribution in [0.3, 0.4) is 0 Å². The number of carboxylic acids is 1. The Labute approximate surface area is 77.8 Å². The van der Waals surface area contributed by atoms with Crippen LogP contribution >= 0.6 is 0 Å². The van der Waals surface area contributed by atoms with Crippen molar-refractivity contribution in [1.29, 1.82) is 0 Å². The normalized spacial score (nSPS) is 21.8. The fourth-order valence-electron chi connectivity index (χ4n) is 1.44. The summed E-state index contributed by atoms with van der Waals surface area (Å²) in [5.41, 5.74) is -0.505. The molecule has 76 valence electrons. The molecule has 0 aromatic rings. The summed E-state index contributed by atoms with van der Waals surface area (Å²) in [5, 5.41) is 8.71. The van der Waals surface area contributed by atoms with Crippen molar-refractivity contribution in [3.63, 3.8) is 0 Å². The third-order valence-corrected chi connectivity index (χ3v) is 2.66. The molecular weight excluding hydrogens is 172 g/mol. The van der Waals surface area contributed by atoms with Gasteiger partial charge in [-0.15, -0.1) is 0 Å². The van der Waals surface area contributed by atoms with Gasteiger partial charge in [0.2, 0.25) is 0 Å². The van der Waals surface area contributed by atoms with Crippen LogP contribution < -0.4 is 0 Å². The number of ether oxygens (including phenoxy) is 2. The molecule has 1 N–H and O–H groups in total. The van der Waals surface area contributed by atoms with Crippen molar-refractivity contribution in [1.82, 2.24) is 0 Å². The average molecular weight is 188 g/mol. The van der Waals surface area contributed by atoms with E-state index in [1.54, 1.807) is 6.92 Å². The van der Waals surface area contributed by atoms with Gasteiger partial charge in [-0.1, -0.05) is 13.8 Å². The molecule has 4 heteroatoms. The molecule has 0 radical (unpaired) electrons. The molecule has 1 aliphatic heterocycles. The quantitative estimate of drug-likeness (QED) is 0.724. The summed E-state index contributed by atoms with van der Waals surface area (Å²) in [4.78, 5) is 10.6. The van der Waals surface area contributed by atoms with Gasteiger partial charge in [-0.3, -0.25) is 4.79 Å². The zero-order valence-corrected chi connectivity index (χ0v) is 8.29. The highest BCUT2D eigenvalue weighted by Crippen LogP contribution is 2.40. The Balaban J connectivity index is 2.71. The van der Waals surface area contributed by atoms with Crippen LogP contribution in [0.2, 0.25) is 0 Å². The maximum absolute atomic E-state index is 10.6. The summed E-state index contributed by atoms with van der Waals surface area (Å²) in [5.74, 6) is -1.59. The van der Waals surface area contributed by atoms with Crippen molar-refractivity contribution in [3.8, 4) is 0 Å². The van der Waals surface area contributed by atoms with Gasteiger partial charge in [-0.2, -0.15) is 0 Å². The smallest absolute Gasteiger partial charge is 0.304 e. The van der Waals surface area contributed by atoms with Crippen molar-refractivity contribution < 1.29 is 19.4 Å². The third kappa shape index (κ3) is 2.00. The first kappa shape index (κ1) is 10.5. The van der Waals surface area contributed by atoms with Crippen LogP contribution in [0.15, 0.2) is 0 Å². The van der Waals surface area contributed by atoms with Crippen LogP contribution in [0.1, 0.15) is 27.2 Å². The zero-order chi connectivity index (χ0) is 10.1. The predicted molar refractivity (Wildman–Crippen MR) is 46.3 cm³/mol. The summed E-state index contributed by atoms with van der Waals surface area (Å²) in [6, 6.07) is 0. The minimum absolute atomic E-state index is 0.0451. The maximum atomic E-state index is 10.6. The molecule has 1 saturated heterocycles. The van der Waals surface area contributed by atoms with E-state index in [-0.39, 0.29) is 6.42 Å². The fourth-order valence-corrected chi connectivity index (χ4v) is 1.44. The third-order valence-electron chi connectivity index (χ3n) is 2.66. The van der Waals surface area contributed by atoms with E-state index in [4.69, 9.17) is 14.6 Å². The molecule has 0 saturated carbocycles. The second-order valence-corrected chi connectivity index (χ2v) is 4.10. The maximum Gasteiger partial charge on any atom is 0.304 e. The summed E-state index contributed by atoms with van der Waals surface area (Å²) in [6.07, 6.45) is 0.0451. The summed E-state index contributed by atoms with van der Waals surface area (Å²) in [7, 11) is 0. The van der Waals surface area contributed by atoms with E-state index in [1.807, 2.05) is 13.8 Å². The van der Waals surface area contributed by atoms with Crippen LogP contribution in [-0.2, 0) is 14.3 Å². The summed E-state index contributed by atoms with van der Waals surface area (Å²) < 4.78 is 10.8. The highest BCUT2D eigenvalue weighted by Gasteiger charge is 2.47.